The lowest BCUT2D eigenvalue weighted by Gasteiger charge is -2.19. The van der Waals surface area contributed by atoms with E-state index in [0.717, 1.165) is 17.1 Å². The third-order valence-corrected chi connectivity index (χ3v) is 6.14. The molecule has 1 radical (unpaired) electrons. The summed E-state index contributed by atoms with van der Waals surface area (Å²) >= 11 is 0. The van der Waals surface area contributed by atoms with Gasteiger partial charge in [0.1, 0.15) is 11.9 Å². The SMILES string of the molecule is [CH2][C@@H]1C[C@@H](Nc2ccnc3cc(-c4ccc5c(c4)C(C)(C)OC5)nn23)[C@H](O)[C@@H]1O. The van der Waals surface area contributed by atoms with Gasteiger partial charge in [-0.3, -0.25) is 0 Å². The van der Waals surface area contributed by atoms with Gasteiger partial charge >= 0.3 is 0 Å². The number of aliphatic hydroxyl groups excluding tert-OH is 2. The molecule has 151 valence electrons. The van der Waals surface area contributed by atoms with Crippen LogP contribution < -0.4 is 5.32 Å². The highest BCUT2D eigenvalue weighted by molar-refractivity contribution is 5.67. The molecule has 2 aromatic heterocycles. The molecular formula is C22H25N4O3. The average molecular weight is 393 g/mol. The first-order valence-electron chi connectivity index (χ1n) is 9.92. The van der Waals surface area contributed by atoms with Crippen molar-refractivity contribution in [3.8, 4) is 11.3 Å². The fourth-order valence-corrected chi connectivity index (χ4v) is 4.36. The zero-order valence-corrected chi connectivity index (χ0v) is 16.5. The van der Waals surface area contributed by atoms with Crippen molar-refractivity contribution in [3.05, 3.63) is 54.6 Å². The number of benzene rings is 1. The van der Waals surface area contributed by atoms with Gasteiger partial charge in [-0.2, -0.15) is 9.61 Å². The maximum absolute atomic E-state index is 10.3. The molecule has 3 heterocycles. The molecule has 29 heavy (non-hydrogen) atoms. The second kappa shape index (κ2) is 6.52. The molecule has 2 aliphatic rings. The minimum Gasteiger partial charge on any atom is -0.390 e. The Balaban J connectivity index is 1.50. The van der Waals surface area contributed by atoms with Crippen molar-refractivity contribution in [1.82, 2.24) is 14.6 Å². The summed E-state index contributed by atoms with van der Waals surface area (Å²) in [6, 6.07) is 9.77. The van der Waals surface area contributed by atoms with Crippen LogP contribution >= 0.6 is 0 Å². The number of aromatic nitrogens is 3. The van der Waals surface area contributed by atoms with Crippen molar-refractivity contribution in [1.29, 1.82) is 0 Å². The molecule has 3 aromatic rings. The van der Waals surface area contributed by atoms with Gasteiger partial charge in [-0.15, -0.1) is 0 Å². The van der Waals surface area contributed by atoms with Gasteiger partial charge in [-0.25, -0.2) is 4.98 Å². The lowest BCUT2D eigenvalue weighted by molar-refractivity contribution is -0.00788. The molecule has 0 unspecified atom stereocenters. The third-order valence-electron chi connectivity index (χ3n) is 6.14. The van der Waals surface area contributed by atoms with Crippen LogP contribution in [0.15, 0.2) is 36.5 Å². The van der Waals surface area contributed by atoms with E-state index in [1.807, 2.05) is 12.1 Å². The van der Waals surface area contributed by atoms with Gasteiger partial charge in [0.25, 0.3) is 0 Å². The molecule has 7 heteroatoms. The number of aliphatic hydroxyl groups is 2. The fraction of sp³-hybridized carbons (Fsp3) is 0.409. The molecule has 0 amide bonds. The Morgan fingerprint density at radius 2 is 2.03 bits per heavy atom. The first kappa shape index (κ1) is 18.5. The quantitative estimate of drug-likeness (QED) is 0.633. The monoisotopic (exact) mass is 393 g/mol. The smallest absolute Gasteiger partial charge is 0.157 e. The summed E-state index contributed by atoms with van der Waals surface area (Å²) in [6.45, 7) is 8.70. The highest BCUT2D eigenvalue weighted by atomic mass is 16.5. The highest BCUT2D eigenvalue weighted by Crippen LogP contribution is 2.38. The molecule has 1 saturated carbocycles. The topological polar surface area (TPSA) is 91.9 Å². The van der Waals surface area contributed by atoms with Crippen LogP contribution in [0.25, 0.3) is 16.9 Å². The molecule has 1 aromatic carbocycles. The third kappa shape index (κ3) is 3.01. The largest absolute Gasteiger partial charge is 0.390 e. The Morgan fingerprint density at radius 1 is 1.21 bits per heavy atom. The first-order chi connectivity index (χ1) is 13.8. The van der Waals surface area contributed by atoms with E-state index in [9.17, 15) is 10.2 Å². The Kier molecular flexibility index (Phi) is 4.17. The van der Waals surface area contributed by atoms with Gasteiger partial charge in [-0.1, -0.05) is 12.1 Å². The summed E-state index contributed by atoms with van der Waals surface area (Å²) in [5.41, 5.74) is 4.62. The van der Waals surface area contributed by atoms with E-state index in [2.05, 4.69) is 49.3 Å². The van der Waals surface area contributed by atoms with Gasteiger partial charge in [0, 0.05) is 17.8 Å². The van der Waals surface area contributed by atoms with Crippen molar-refractivity contribution in [3.63, 3.8) is 0 Å². The van der Waals surface area contributed by atoms with Crippen LogP contribution in [0.4, 0.5) is 5.82 Å². The van der Waals surface area contributed by atoms with Crippen LogP contribution in [0, 0.1) is 12.8 Å². The summed E-state index contributed by atoms with van der Waals surface area (Å²) in [5.74, 6) is 0.515. The van der Waals surface area contributed by atoms with E-state index in [1.54, 1.807) is 10.7 Å². The Morgan fingerprint density at radius 3 is 2.79 bits per heavy atom. The molecule has 0 saturated heterocycles. The summed E-state index contributed by atoms with van der Waals surface area (Å²) in [6.07, 6.45) is 0.604. The van der Waals surface area contributed by atoms with Crippen LogP contribution in [0.2, 0.25) is 0 Å². The first-order valence-corrected chi connectivity index (χ1v) is 9.92. The molecule has 1 fully saturated rings. The van der Waals surface area contributed by atoms with E-state index in [4.69, 9.17) is 9.84 Å². The fourth-order valence-electron chi connectivity index (χ4n) is 4.36. The van der Waals surface area contributed by atoms with Gasteiger partial charge < -0.3 is 20.3 Å². The van der Waals surface area contributed by atoms with Crippen LogP contribution in [0.3, 0.4) is 0 Å². The molecule has 0 spiro atoms. The van der Waals surface area contributed by atoms with Crippen molar-refractivity contribution in [2.24, 2.45) is 5.92 Å². The normalized spacial score (nSPS) is 28.0. The zero-order valence-electron chi connectivity index (χ0n) is 16.5. The molecule has 1 aliphatic heterocycles. The summed E-state index contributed by atoms with van der Waals surface area (Å²) < 4.78 is 7.62. The molecule has 5 rings (SSSR count). The van der Waals surface area contributed by atoms with Crippen LogP contribution in [0.5, 0.6) is 0 Å². The lowest BCUT2D eigenvalue weighted by atomic mass is 9.93. The maximum Gasteiger partial charge on any atom is 0.157 e. The molecule has 4 atom stereocenters. The van der Waals surface area contributed by atoms with E-state index < -0.39 is 12.2 Å². The number of rotatable bonds is 3. The van der Waals surface area contributed by atoms with E-state index in [-0.39, 0.29) is 17.6 Å². The molecule has 3 N–H and O–H groups in total. The highest BCUT2D eigenvalue weighted by Gasteiger charge is 2.39. The molecular weight excluding hydrogens is 368 g/mol. The van der Waals surface area contributed by atoms with E-state index in [0.29, 0.717) is 18.7 Å². The van der Waals surface area contributed by atoms with Gasteiger partial charge in [0.2, 0.25) is 0 Å². The molecule has 1 aliphatic carbocycles. The number of anilines is 1. The van der Waals surface area contributed by atoms with Crippen LogP contribution in [-0.2, 0) is 16.9 Å². The lowest BCUT2D eigenvalue weighted by Crippen LogP contribution is -2.35. The van der Waals surface area contributed by atoms with Gasteiger partial charge in [0.05, 0.1) is 30.0 Å². The van der Waals surface area contributed by atoms with E-state index >= 15 is 0 Å². The Hall–Kier alpha value is -2.48. The van der Waals surface area contributed by atoms with Crippen molar-refractivity contribution in [2.75, 3.05) is 5.32 Å². The molecule has 0 bridgehead atoms. The number of hydrogen-bond donors (Lipinski definition) is 3. The minimum absolute atomic E-state index is 0.204. The summed E-state index contributed by atoms with van der Waals surface area (Å²) in [7, 11) is 0. The Bertz CT molecular complexity index is 1080. The maximum atomic E-state index is 10.3. The zero-order chi connectivity index (χ0) is 20.3. The van der Waals surface area contributed by atoms with Crippen molar-refractivity contribution in [2.45, 2.75) is 50.7 Å². The molecule has 7 nitrogen and oxygen atoms in total. The number of ether oxygens (including phenoxy) is 1. The van der Waals surface area contributed by atoms with E-state index in [1.165, 1.54) is 11.1 Å². The van der Waals surface area contributed by atoms with Crippen molar-refractivity contribution >= 4 is 11.5 Å². The second-order valence-corrected chi connectivity index (χ2v) is 8.53. The number of nitrogens with one attached hydrogen (secondary N) is 1. The summed E-state index contributed by atoms with van der Waals surface area (Å²) in [5, 5.41) is 28.3. The van der Waals surface area contributed by atoms with Gasteiger partial charge in [0.15, 0.2) is 5.65 Å². The predicted octanol–water partition coefficient (Wildman–Crippen LogP) is 2.52. The standard InChI is InChI=1S/C22H25N4O3/c1-12-8-17(21(28)20(12)27)24-18-6-7-23-19-10-16(25-26(18)19)13-4-5-14-11-29-22(2,3)15(14)9-13/h4-7,9-10,12,17,20-21,24,27-28H,1,8,11H2,2-3H3/t12-,17-,20-,21+/m1/s1. The second-order valence-electron chi connectivity index (χ2n) is 8.53. The van der Waals surface area contributed by atoms with Crippen LogP contribution in [0.1, 0.15) is 31.4 Å². The van der Waals surface area contributed by atoms with Crippen molar-refractivity contribution < 1.29 is 14.9 Å². The van der Waals surface area contributed by atoms with Crippen LogP contribution in [-0.4, -0.2) is 43.1 Å². The summed E-state index contributed by atoms with van der Waals surface area (Å²) in [4.78, 5) is 4.42. The Labute approximate surface area is 169 Å². The van der Waals surface area contributed by atoms with Gasteiger partial charge in [-0.05, 0) is 56.4 Å². The number of fused-ring (bicyclic) bond motifs is 2. The number of nitrogens with zero attached hydrogens (tertiary/aromatic N) is 3. The number of hydrogen-bond acceptors (Lipinski definition) is 6. The average Bonchev–Trinajstić information content (AvgIpc) is 3.34. The predicted molar refractivity (Wildman–Crippen MR) is 109 cm³/mol. The minimum atomic E-state index is -0.866.